The standard InChI is InChI=1S/C14H25N5O/c1-4-15-12-17-13(19-14(18-12)20-3)16-11-7-5-6-10(2)8-9-11/h10-11H,4-9H2,1-3H3,(H2,15,16,17,18,19). The van der Waals surface area contributed by atoms with Crippen LogP contribution in [0, 0.1) is 5.92 Å². The van der Waals surface area contributed by atoms with Crippen LogP contribution in [-0.4, -0.2) is 34.6 Å². The summed E-state index contributed by atoms with van der Waals surface area (Å²) in [5.74, 6) is 1.99. The van der Waals surface area contributed by atoms with E-state index in [0.29, 0.717) is 23.9 Å². The van der Waals surface area contributed by atoms with Gasteiger partial charge >= 0.3 is 6.01 Å². The summed E-state index contributed by atoms with van der Waals surface area (Å²) >= 11 is 0. The maximum atomic E-state index is 5.13. The molecule has 0 aliphatic heterocycles. The van der Waals surface area contributed by atoms with Crippen LogP contribution in [0.3, 0.4) is 0 Å². The lowest BCUT2D eigenvalue weighted by Crippen LogP contribution is -2.21. The molecule has 1 aromatic rings. The first kappa shape index (κ1) is 14.8. The summed E-state index contributed by atoms with van der Waals surface area (Å²) in [7, 11) is 1.57. The molecule has 2 N–H and O–H groups in total. The SMILES string of the molecule is CCNc1nc(NC2CCCC(C)CC2)nc(OC)n1. The number of nitrogens with zero attached hydrogens (tertiary/aromatic N) is 3. The average Bonchev–Trinajstić information content (AvgIpc) is 2.64. The van der Waals surface area contributed by atoms with Gasteiger partial charge in [0, 0.05) is 12.6 Å². The number of nitrogens with one attached hydrogen (secondary N) is 2. The molecule has 0 bridgehead atoms. The van der Waals surface area contributed by atoms with Crippen molar-refractivity contribution in [2.45, 2.75) is 52.0 Å². The van der Waals surface area contributed by atoms with Crippen LogP contribution in [0.25, 0.3) is 0 Å². The molecule has 1 saturated carbocycles. The zero-order chi connectivity index (χ0) is 14.4. The fourth-order valence-electron chi connectivity index (χ4n) is 2.56. The molecule has 0 saturated heterocycles. The quantitative estimate of drug-likeness (QED) is 0.807. The van der Waals surface area contributed by atoms with Gasteiger partial charge < -0.3 is 15.4 Å². The minimum atomic E-state index is 0.348. The third kappa shape index (κ3) is 4.21. The molecule has 0 radical (unpaired) electrons. The predicted octanol–water partition coefficient (Wildman–Crippen LogP) is 2.69. The van der Waals surface area contributed by atoms with E-state index in [1.165, 1.54) is 32.1 Å². The highest BCUT2D eigenvalue weighted by Gasteiger charge is 2.17. The van der Waals surface area contributed by atoms with Gasteiger partial charge in [0.05, 0.1) is 7.11 Å². The number of anilines is 2. The minimum absolute atomic E-state index is 0.348. The molecule has 112 valence electrons. The van der Waals surface area contributed by atoms with Crippen LogP contribution < -0.4 is 15.4 Å². The van der Waals surface area contributed by atoms with Crippen LogP contribution in [0.4, 0.5) is 11.9 Å². The summed E-state index contributed by atoms with van der Waals surface area (Å²) in [6.45, 7) is 5.11. The van der Waals surface area contributed by atoms with Gasteiger partial charge in [0.25, 0.3) is 0 Å². The fraction of sp³-hybridized carbons (Fsp3) is 0.786. The summed E-state index contributed by atoms with van der Waals surface area (Å²) < 4.78 is 5.13. The van der Waals surface area contributed by atoms with Crippen LogP contribution >= 0.6 is 0 Å². The van der Waals surface area contributed by atoms with Gasteiger partial charge in [0.1, 0.15) is 0 Å². The number of methoxy groups -OCH3 is 1. The first-order valence-corrected chi connectivity index (χ1v) is 7.51. The first-order chi connectivity index (χ1) is 9.71. The lowest BCUT2D eigenvalue weighted by Gasteiger charge is -2.17. The second kappa shape index (κ2) is 7.26. The van der Waals surface area contributed by atoms with Crippen molar-refractivity contribution in [1.29, 1.82) is 0 Å². The molecular formula is C14H25N5O. The molecule has 2 unspecified atom stereocenters. The molecule has 1 fully saturated rings. The summed E-state index contributed by atoms with van der Waals surface area (Å²) in [5, 5.41) is 6.53. The molecule has 1 heterocycles. The predicted molar refractivity (Wildman–Crippen MR) is 80.2 cm³/mol. The molecule has 2 atom stereocenters. The Morgan fingerprint density at radius 1 is 1.10 bits per heavy atom. The highest BCUT2D eigenvalue weighted by atomic mass is 16.5. The molecule has 1 aliphatic carbocycles. The highest BCUT2D eigenvalue weighted by molar-refractivity contribution is 5.36. The minimum Gasteiger partial charge on any atom is -0.467 e. The normalized spacial score (nSPS) is 22.9. The van der Waals surface area contributed by atoms with Gasteiger partial charge in [-0.05, 0) is 32.1 Å². The molecule has 0 amide bonds. The molecule has 1 aliphatic rings. The van der Waals surface area contributed by atoms with Gasteiger partial charge in [-0.1, -0.05) is 19.8 Å². The maximum Gasteiger partial charge on any atom is 0.322 e. The zero-order valence-corrected chi connectivity index (χ0v) is 12.6. The Kier molecular flexibility index (Phi) is 5.38. The molecule has 0 spiro atoms. The second-order valence-electron chi connectivity index (χ2n) is 5.45. The molecule has 6 heteroatoms. The molecule has 6 nitrogen and oxygen atoms in total. The Labute approximate surface area is 120 Å². The Morgan fingerprint density at radius 3 is 2.65 bits per heavy atom. The zero-order valence-electron chi connectivity index (χ0n) is 12.6. The Balaban J connectivity index is 2.05. The molecule has 1 aromatic heterocycles. The van der Waals surface area contributed by atoms with E-state index >= 15 is 0 Å². The van der Waals surface area contributed by atoms with Crippen molar-refractivity contribution in [3.05, 3.63) is 0 Å². The summed E-state index contributed by atoms with van der Waals surface area (Å²) in [6.07, 6.45) is 6.20. The van der Waals surface area contributed by atoms with Crippen molar-refractivity contribution < 1.29 is 4.74 Å². The molecular weight excluding hydrogens is 254 g/mol. The number of hydrogen-bond acceptors (Lipinski definition) is 6. The smallest absolute Gasteiger partial charge is 0.322 e. The van der Waals surface area contributed by atoms with E-state index in [-0.39, 0.29) is 0 Å². The van der Waals surface area contributed by atoms with Gasteiger partial charge in [0.2, 0.25) is 11.9 Å². The van der Waals surface area contributed by atoms with E-state index in [1.54, 1.807) is 7.11 Å². The van der Waals surface area contributed by atoms with E-state index in [4.69, 9.17) is 4.74 Å². The second-order valence-corrected chi connectivity index (χ2v) is 5.45. The maximum absolute atomic E-state index is 5.13. The number of hydrogen-bond donors (Lipinski definition) is 2. The van der Waals surface area contributed by atoms with E-state index in [9.17, 15) is 0 Å². The van der Waals surface area contributed by atoms with Crippen molar-refractivity contribution in [1.82, 2.24) is 15.0 Å². The number of aromatic nitrogens is 3. The van der Waals surface area contributed by atoms with Crippen molar-refractivity contribution in [2.75, 3.05) is 24.3 Å². The van der Waals surface area contributed by atoms with Crippen molar-refractivity contribution >= 4 is 11.9 Å². The third-order valence-corrected chi connectivity index (χ3v) is 3.72. The summed E-state index contributed by atoms with van der Waals surface area (Å²) in [4.78, 5) is 12.8. The van der Waals surface area contributed by atoms with Crippen LogP contribution in [0.5, 0.6) is 6.01 Å². The first-order valence-electron chi connectivity index (χ1n) is 7.51. The molecule has 0 aromatic carbocycles. The summed E-state index contributed by atoms with van der Waals surface area (Å²) in [6, 6.07) is 0.793. The molecule has 20 heavy (non-hydrogen) atoms. The van der Waals surface area contributed by atoms with Crippen molar-refractivity contribution in [3.8, 4) is 6.01 Å². The van der Waals surface area contributed by atoms with Crippen LogP contribution in [0.2, 0.25) is 0 Å². The summed E-state index contributed by atoms with van der Waals surface area (Å²) in [5.41, 5.74) is 0. The van der Waals surface area contributed by atoms with Crippen molar-refractivity contribution in [2.24, 2.45) is 5.92 Å². The highest BCUT2D eigenvalue weighted by Crippen LogP contribution is 2.24. The number of ether oxygens (including phenoxy) is 1. The Morgan fingerprint density at radius 2 is 1.90 bits per heavy atom. The van der Waals surface area contributed by atoms with E-state index in [0.717, 1.165) is 12.5 Å². The largest absolute Gasteiger partial charge is 0.467 e. The van der Waals surface area contributed by atoms with Crippen LogP contribution in [0.15, 0.2) is 0 Å². The average molecular weight is 279 g/mol. The Bertz CT molecular complexity index is 426. The molecule has 2 rings (SSSR count). The van der Waals surface area contributed by atoms with Gasteiger partial charge in [0.15, 0.2) is 0 Å². The van der Waals surface area contributed by atoms with E-state index < -0.39 is 0 Å². The number of rotatable bonds is 5. The fourth-order valence-corrected chi connectivity index (χ4v) is 2.56. The topological polar surface area (TPSA) is 72.0 Å². The van der Waals surface area contributed by atoms with Crippen LogP contribution in [0.1, 0.15) is 46.0 Å². The van der Waals surface area contributed by atoms with E-state index in [2.05, 4.69) is 32.5 Å². The lowest BCUT2D eigenvalue weighted by molar-refractivity contribution is 0.379. The Hall–Kier alpha value is -1.59. The third-order valence-electron chi connectivity index (χ3n) is 3.72. The van der Waals surface area contributed by atoms with Gasteiger partial charge in [-0.3, -0.25) is 0 Å². The van der Waals surface area contributed by atoms with Gasteiger partial charge in [-0.2, -0.15) is 15.0 Å². The van der Waals surface area contributed by atoms with Gasteiger partial charge in [-0.25, -0.2) is 0 Å². The van der Waals surface area contributed by atoms with Crippen molar-refractivity contribution in [3.63, 3.8) is 0 Å². The lowest BCUT2D eigenvalue weighted by atomic mass is 10.0. The van der Waals surface area contributed by atoms with Crippen LogP contribution in [-0.2, 0) is 0 Å². The van der Waals surface area contributed by atoms with Gasteiger partial charge in [-0.15, -0.1) is 0 Å². The van der Waals surface area contributed by atoms with E-state index in [1.807, 2.05) is 6.92 Å². The monoisotopic (exact) mass is 279 g/mol.